The highest BCUT2D eigenvalue weighted by molar-refractivity contribution is 7.17. The average molecular weight is 438 g/mol. The van der Waals surface area contributed by atoms with E-state index in [2.05, 4.69) is 19.2 Å². The van der Waals surface area contributed by atoms with Crippen molar-refractivity contribution in [2.75, 3.05) is 19.0 Å². The van der Waals surface area contributed by atoms with E-state index >= 15 is 0 Å². The molecule has 5 nitrogen and oxygen atoms in total. The van der Waals surface area contributed by atoms with Crippen LogP contribution in [0.2, 0.25) is 0 Å². The van der Waals surface area contributed by atoms with E-state index in [1.165, 1.54) is 18.4 Å². The lowest BCUT2D eigenvalue weighted by atomic mass is 10.0. The number of carbonyl (C=O) groups is 2. The minimum absolute atomic E-state index is 0.151. The summed E-state index contributed by atoms with van der Waals surface area (Å²) in [6.45, 7) is 7.92. The maximum Gasteiger partial charge on any atom is 0.341 e. The van der Waals surface area contributed by atoms with Crippen LogP contribution in [0, 0.1) is 13.8 Å². The van der Waals surface area contributed by atoms with Gasteiger partial charge in [-0.2, -0.15) is 0 Å². The van der Waals surface area contributed by atoms with Crippen LogP contribution in [0.1, 0.15) is 46.1 Å². The number of amides is 1. The summed E-state index contributed by atoms with van der Waals surface area (Å²) in [5, 5.41) is 3.31. The van der Waals surface area contributed by atoms with E-state index in [4.69, 9.17) is 9.47 Å². The molecule has 31 heavy (non-hydrogen) atoms. The molecule has 0 aliphatic rings. The molecule has 1 heterocycles. The Morgan fingerprint density at radius 1 is 1.06 bits per heavy atom. The van der Waals surface area contributed by atoms with Gasteiger partial charge < -0.3 is 14.8 Å². The zero-order valence-corrected chi connectivity index (χ0v) is 19.3. The highest BCUT2D eigenvalue weighted by Crippen LogP contribution is 2.40. The molecule has 0 saturated carbocycles. The summed E-state index contributed by atoms with van der Waals surface area (Å²) in [6.07, 6.45) is 0. The summed E-state index contributed by atoms with van der Waals surface area (Å²) >= 11 is 1.35. The molecule has 1 N–H and O–H groups in total. The van der Waals surface area contributed by atoms with Crippen LogP contribution in [0.3, 0.4) is 0 Å². The Kier molecular flexibility index (Phi) is 7.13. The Hall–Kier alpha value is -3.12. The number of hydrogen-bond acceptors (Lipinski definition) is 5. The number of esters is 1. The van der Waals surface area contributed by atoms with Crippen LogP contribution in [0.15, 0.2) is 48.5 Å². The number of aryl methyl sites for hydroxylation is 2. The van der Waals surface area contributed by atoms with Gasteiger partial charge in [-0.3, -0.25) is 4.79 Å². The minimum Gasteiger partial charge on any atom is -0.483 e. The number of benzene rings is 2. The summed E-state index contributed by atoms with van der Waals surface area (Å²) in [7, 11) is 1.34. The van der Waals surface area contributed by atoms with E-state index in [9.17, 15) is 9.59 Å². The van der Waals surface area contributed by atoms with Gasteiger partial charge in [0.1, 0.15) is 16.3 Å². The van der Waals surface area contributed by atoms with Gasteiger partial charge in [-0.25, -0.2) is 4.79 Å². The summed E-state index contributed by atoms with van der Waals surface area (Å²) in [6, 6.07) is 15.6. The molecular formula is C25H27NO4S. The molecule has 1 aromatic heterocycles. The van der Waals surface area contributed by atoms with E-state index in [0.717, 1.165) is 27.1 Å². The van der Waals surface area contributed by atoms with Crippen LogP contribution in [0.5, 0.6) is 5.75 Å². The normalized spacial score (nSPS) is 10.8. The summed E-state index contributed by atoms with van der Waals surface area (Å²) in [4.78, 5) is 26.2. The summed E-state index contributed by atoms with van der Waals surface area (Å²) in [5.74, 6) is 0.158. The minimum atomic E-state index is -0.486. The Bertz CT molecular complexity index is 1090. The smallest absolute Gasteiger partial charge is 0.341 e. The first-order valence-electron chi connectivity index (χ1n) is 10.1. The molecule has 0 aliphatic heterocycles. The topological polar surface area (TPSA) is 64.6 Å². The van der Waals surface area contributed by atoms with E-state index < -0.39 is 5.97 Å². The molecule has 0 aliphatic carbocycles. The molecule has 0 saturated heterocycles. The molecule has 0 radical (unpaired) electrons. The van der Waals surface area contributed by atoms with Crippen LogP contribution < -0.4 is 10.1 Å². The quantitative estimate of drug-likeness (QED) is 0.463. The van der Waals surface area contributed by atoms with Gasteiger partial charge in [-0.05, 0) is 42.5 Å². The third kappa shape index (κ3) is 5.14. The van der Waals surface area contributed by atoms with Crippen molar-refractivity contribution in [1.29, 1.82) is 0 Å². The Labute approximate surface area is 187 Å². The first-order valence-corrected chi connectivity index (χ1v) is 10.9. The van der Waals surface area contributed by atoms with Crippen molar-refractivity contribution in [3.05, 3.63) is 70.1 Å². The fourth-order valence-electron chi connectivity index (χ4n) is 3.43. The second-order valence-corrected chi connectivity index (χ2v) is 8.85. The van der Waals surface area contributed by atoms with Crippen molar-refractivity contribution in [2.45, 2.75) is 33.6 Å². The van der Waals surface area contributed by atoms with Gasteiger partial charge >= 0.3 is 5.97 Å². The Morgan fingerprint density at radius 2 is 1.77 bits per heavy atom. The second-order valence-electron chi connectivity index (χ2n) is 7.63. The van der Waals surface area contributed by atoms with Crippen molar-refractivity contribution >= 4 is 28.2 Å². The highest BCUT2D eigenvalue weighted by Gasteiger charge is 2.25. The molecular weight excluding hydrogens is 410 g/mol. The number of hydrogen-bond donors (Lipinski definition) is 1. The molecule has 162 valence electrons. The molecule has 2 aromatic carbocycles. The van der Waals surface area contributed by atoms with Gasteiger partial charge in [0.05, 0.1) is 7.11 Å². The summed E-state index contributed by atoms with van der Waals surface area (Å²) in [5.41, 5.74) is 4.15. The SMILES string of the molecule is COC(=O)c1c(NC(=O)COc2cc(C)ccc2C(C)C)sc(C)c1-c1ccccc1. The van der Waals surface area contributed by atoms with Gasteiger partial charge in [-0.15, -0.1) is 11.3 Å². The predicted octanol–water partition coefficient (Wildman–Crippen LogP) is 5.96. The summed E-state index contributed by atoms with van der Waals surface area (Å²) < 4.78 is 10.8. The zero-order valence-electron chi connectivity index (χ0n) is 18.4. The monoisotopic (exact) mass is 437 g/mol. The van der Waals surface area contributed by atoms with Crippen molar-refractivity contribution in [3.8, 4) is 16.9 Å². The van der Waals surface area contributed by atoms with Crippen LogP contribution in [0.4, 0.5) is 5.00 Å². The number of anilines is 1. The number of carbonyl (C=O) groups excluding carboxylic acids is 2. The lowest BCUT2D eigenvalue weighted by Crippen LogP contribution is -2.21. The van der Waals surface area contributed by atoms with Crippen molar-refractivity contribution in [2.24, 2.45) is 0 Å². The molecule has 0 atom stereocenters. The predicted molar refractivity (Wildman–Crippen MR) is 125 cm³/mol. The third-order valence-corrected chi connectivity index (χ3v) is 5.96. The van der Waals surface area contributed by atoms with Crippen molar-refractivity contribution in [1.82, 2.24) is 0 Å². The van der Waals surface area contributed by atoms with E-state index in [0.29, 0.717) is 16.3 Å². The molecule has 3 rings (SSSR count). The first-order chi connectivity index (χ1) is 14.8. The van der Waals surface area contributed by atoms with Gasteiger partial charge in [0.2, 0.25) is 0 Å². The van der Waals surface area contributed by atoms with Crippen LogP contribution >= 0.6 is 11.3 Å². The number of rotatable bonds is 7. The van der Waals surface area contributed by atoms with Crippen molar-refractivity contribution < 1.29 is 19.1 Å². The first kappa shape index (κ1) is 22.6. The highest BCUT2D eigenvalue weighted by atomic mass is 32.1. The van der Waals surface area contributed by atoms with Crippen LogP contribution in [-0.2, 0) is 9.53 Å². The molecule has 0 unspecified atom stereocenters. The van der Waals surface area contributed by atoms with E-state index in [-0.39, 0.29) is 18.4 Å². The zero-order chi connectivity index (χ0) is 22.5. The fourth-order valence-corrected chi connectivity index (χ4v) is 4.51. The third-order valence-electron chi connectivity index (χ3n) is 4.94. The molecule has 0 fully saturated rings. The molecule has 3 aromatic rings. The fraction of sp³-hybridized carbons (Fsp3) is 0.280. The molecule has 0 bridgehead atoms. The number of nitrogens with one attached hydrogen (secondary N) is 1. The molecule has 6 heteroatoms. The van der Waals surface area contributed by atoms with E-state index in [1.54, 1.807) is 0 Å². The standard InChI is InChI=1S/C25H27NO4S/c1-15(2)19-12-11-16(3)13-20(19)30-14-21(27)26-24-23(25(28)29-5)22(17(4)31-24)18-9-7-6-8-10-18/h6-13,15H,14H2,1-5H3,(H,26,27). The number of methoxy groups -OCH3 is 1. The maximum absolute atomic E-state index is 12.7. The lowest BCUT2D eigenvalue weighted by Gasteiger charge is -2.15. The van der Waals surface area contributed by atoms with Crippen LogP contribution in [0.25, 0.3) is 11.1 Å². The van der Waals surface area contributed by atoms with Gasteiger partial charge in [0.25, 0.3) is 5.91 Å². The van der Waals surface area contributed by atoms with E-state index in [1.807, 2.05) is 62.4 Å². The number of ether oxygens (including phenoxy) is 2. The molecule has 1 amide bonds. The Balaban J connectivity index is 1.84. The average Bonchev–Trinajstić information content (AvgIpc) is 3.07. The molecule has 0 spiro atoms. The number of thiophene rings is 1. The van der Waals surface area contributed by atoms with Gasteiger partial charge in [-0.1, -0.05) is 56.3 Å². The largest absolute Gasteiger partial charge is 0.483 e. The lowest BCUT2D eigenvalue weighted by molar-refractivity contribution is -0.118. The van der Waals surface area contributed by atoms with Gasteiger partial charge in [0.15, 0.2) is 6.61 Å². The van der Waals surface area contributed by atoms with Crippen LogP contribution in [-0.4, -0.2) is 25.6 Å². The van der Waals surface area contributed by atoms with Gasteiger partial charge in [0, 0.05) is 10.4 Å². The van der Waals surface area contributed by atoms with Crippen molar-refractivity contribution in [3.63, 3.8) is 0 Å². The Morgan fingerprint density at radius 3 is 2.42 bits per heavy atom. The second kappa shape index (κ2) is 9.79. The maximum atomic E-state index is 12.7.